The average molecular weight is 498 g/mol. The van der Waals surface area contributed by atoms with Crippen LogP contribution in [0, 0.1) is 5.82 Å². The van der Waals surface area contributed by atoms with Crippen LogP contribution in [0.25, 0.3) is 10.8 Å². The molecule has 0 bridgehead atoms. The lowest BCUT2D eigenvalue weighted by atomic mass is 10.1. The Kier molecular flexibility index (Phi) is 6.26. The predicted octanol–water partition coefficient (Wildman–Crippen LogP) is 4.07. The lowest BCUT2D eigenvalue weighted by Gasteiger charge is -2.21. The highest BCUT2D eigenvalue weighted by molar-refractivity contribution is 7.92. The van der Waals surface area contributed by atoms with Gasteiger partial charge in [0.2, 0.25) is 0 Å². The van der Waals surface area contributed by atoms with Gasteiger partial charge in [0.1, 0.15) is 30.3 Å². The van der Waals surface area contributed by atoms with Crippen molar-refractivity contribution in [1.82, 2.24) is 4.72 Å². The second-order valence-corrected chi connectivity index (χ2v) is 9.04. The fraction of sp³-hybridized carbons (Fsp3) is 0.227. The Morgan fingerprint density at radius 2 is 1.76 bits per heavy atom. The first kappa shape index (κ1) is 23.6. The Morgan fingerprint density at radius 3 is 2.41 bits per heavy atom. The van der Waals surface area contributed by atoms with Crippen molar-refractivity contribution >= 4 is 32.6 Å². The van der Waals surface area contributed by atoms with Gasteiger partial charge in [0.15, 0.2) is 5.82 Å². The number of hydrogen-bond donors (Lipinski definition) is 1. The molecule has 1 aliphatic heterocycles. The van der Waals surface area contributed by atoms with Gasteiger partial charge in [0, 0.05) is 5.39 Å². The number of carbonyl (C=O) groups excluding carboxylic acids is 1. The number of ether oxygens (including phenoxy) is 2. The summed E-state index contributed by atoms with van der Waals surface area (Å²) in [7, 11) is -4.37. The molecule has 180 valence electrons. The lowest BCUT2D eigenvalue weighted by molar-refractivity contribution is -0.139. The van der Waals surface area contributed by atoms with E-state index in [4.69, 9.17) is 9.47 Å². The maximum Gasteiger partial charge on any atom is 0.392 e. The number of hydrogen-bond acceptors (Lipinski definition) is 5. The van der Waals surface area contributed by atoms with E-state index in [-0.39, 0.29) is 23.5 Å². The first-order valence-corrected chi connectivity index (χ1v) is 11.4. The van der Waals surface area contributed by atoms with Crippen LogP contribution in [0.2, 0.25) is 0 Å². The predicted molar refractivity (Wildman–Crippen MR) is 115 cm³/mol. The smallest absolute Gasteiger partial charge is 0.392 e. The molecule has 1 heterocycles. The molecule has 1 saturated heterocycles. The second kappa shape index (κ2) is 9.01. The van der Waals surface area contributed by atoms with Crippen LogP contribution in [-0.4, -0.2) is 33.7 Å². The Bertz CT molecular complexity index is 1330. The molecule has 0 radical (unpaired) electrons. The van der Waals surface area contributed by atoms with Gasteiger partial charge in [-0.15, -0.1) is 0 Å². The molecule has 0 spiro atoms. The third-order valence-electron chi connectivity index (χ3n) is 4.95. The van der Waals surface area contributed by atoms with Crippen molar-refractivity contribution in [3.8, 4) is 11.5 Å². The van der Waals surface area contributed by atoms with Crippen LogP contribution in [0.5, 0.6) is 11.5 Å². The van der Waals surface area contributed by atoms with Crippen molar-refractivity contribution < 1.29 is 40.2 Å². The van der Waals surface area contributed by atoms with Crippen molar-refractivity contribution in [3.63, 3.8) is 0 Å². The van der Waals surface area contributed by atoms with E-state index in [2.05, 4.69) is 0 Å². The Labute approximate surface area is 192 Å². The number of amides is 1. The normalized spacial score (nSPS) is 15.4. The van der Waals surface area contributed by atoms with Crippen LogP contribution in [0.1, 0.15) is 12.0 Å². The van der Waals surface area contributed by atoms with Crippen molar-refractivity contribution in [2.24, 2.45) is 0 Å². The number of nitrogens with zero attached hydrogens (tertiary/aromatic N) is 1. The molecule has 1 aliphatic rings. The van der Waals surface area contributed by atoms with Gasteiger partial charge >= 0.3 is 16.4 Å². The van der Waals surface area contributed by atoms with Crippen LogP contribution in [0.3, 0.4) is 0 Å². The summed E-state index contributed by atoms with van der Waals surface area (Å²) in [6.45, 7) is -1.33. The van der Waals surface area contributed by atoms with Gasteiger partial charge in [0.25, 0.3) is 5.91 Å². The number of fused-ring (bicyclic) bond motifs is 1. The van der Waals surface area contributed by atoms with E-state index in [0.29, 0.717) is 9.69 Å². The van der Waals surface area contributed by atoms with Crippen LogP contribution in [0.4, 0.5) is 23.2 Å². The average Bonchev–Trinajstić information content (AvgIpc) is 3.04. The summed E-state index contributed by atoms with van der Waals surface area (Å²) in [4.78, 5) is 11.8. The van der Waals surface area contributed by atoms with Crippen molar-refractivity contribution in [2.45, 2.75) is 19.2 Å². The lowest BCUT2D eigenvalue weighted by Crippen LogP contribution is -2.30. The summed E-state index contributed by atoms with van der Waals surface area (Å²) in [5, 5.41) is 0.185. The maximum atomic E-state index is 15.7. The zero-order valence-corrected chi connectivity index (χ0v) is 18.2. The fourth-order valence-electron chi connectivity index (χ4n) is 3.39. The Morgan fingerprint density at radius 1 is 1.03 bits per heavy atom. The molecular weight excluding hydrogens is 480 g/mol. The molecule has 0 atom stereocenters. The topological polar surface area (TPSA) is 84.9 Å². The van der Waals surface area contributed by atoms with Gasteiger partial charge in [-0.05, 0) is 29.1 Å². The molecule has 12 heteroatoms. The third kappa shape index (κ3) is 5.16. The minimum atomic E-state index is -4.41. The molecule has 1 N–H and O–H groups in total. The minimum absolute atomic E-state index is 0.00726. The molecule has 34 heavy (non-hydrogen) atoms. The molecule has 0 aliphatic carbocycles. The van der Waals surface area contributed by atoms with Crippen LogP contribution >= 0.6 is 0 Å². The van der Waals surface area contributed by atoms with Crippen molar-refractivity contribution in [2.75, 3.05) is 17.5 Å². The summed E-state index contributed by atoms with van der Waals surface area (Å²) in [6.07, 6.45) is -5.60. The number of anilines is 1. The largest absolute Gasteiger partial charge is 0.493 e. The van der Waals surface area contributed by atoms with E-state index in [9.17, 15) is 26.4 Å². The van der Waals surface area contributed by atoms with Crippen molar-refractivity contribution in [1.29, 1.82) is 0 Å². The standard InChI is InChI=1S/C22H18F4N2O5S/c23-20-17-11-16(32-9-8-22(24,25)26)7-6-15(17)10-18(33-13-14-4-2-1-3-5-14)21(20)28-12-19(29)27-34(28,30)31/h1-7,10-11H,8-9,12-13H2,(H,27,29). The van der Waals surface area contributed by atoms with Gasteiger partial charge in [-0.1, -0.05) is 36.4 Å². The zero-order valence-electron chi connectivity index (χ0n) is 17.4. The number of halogens is 4. The van der Waals surface area contributed by atoms with Crippen molar-refractivity contribution in [3.05, 3.63) is 66.0 Å². The molecular formula is C22H18F4N2O5S. The summed E-state index contributed by atoms with van der Waals surface area (Å²) in [6, 6.07) is 14.2. The first-order chi connectivity index (χ1) is 16.0. The zero-order chi connectivity index (χ0) is 24.5. The number of rotatable bonds is 7. The van der Waals surface area contributed by atoms with Crippen LogP contribution in [-0.2, 0) is 21.6 Å². The summed E-state index contributed by atoms with van der Waals surface area (Å²) < 4.78 is 90.9. The van der Waals surface area contributed by atoms with Gasteiger partial charge < -0.3 is 9.47 Å². The molecule has 0 aromatic heterocycles. The number of nitrogens with one attached hydrogen (secondary N) is 1. The molecule has 4 rings (SSSR count). The third-order valence-corrected chi connectivity index (χ3v) is 6.33. The quantitative estimate of drug-likeness (QED) is 0.497. The number of alkyl halides is 3. The molecule has 1 fully saturated rings. The van der Waals surface area contributed by atoms with E-state index in [1.165, 1.54) is 24.3 Å². The molecule has 0 unspecified atom stereocenters. The SMILES string of the molecule is O=C1CN(c2c(OCc3ccccc3)cc3ccc(OCCC(F)(F)F)cc3c2F)S(=O)(=O)N1. The maximum absolute atomic E-state index is 15.7. The second-order valence-electron chi connectivity index (χ2n) is 7.45. The van der Waals surface area contributed by atoms with Gasteiger partial charge in [-0.2, -0.15) is 21.6 Å². The van der Waals surface area contributed by atoms with E-state index in [1.807, 2.05) is 0 Å². The highest BCUT2D eigenvalue weighted by Crippen LogP contribution is 2.40. The number of carbonyl (C=O) groups is 1. The monoisotopic (exact) mass is 498 g/mol. The van der Waals surface area contributed by atoms with E-state index >= 15 is 4.39 Å². The summed E-state index contributed by atoms with van der Waals surface area (Å²) >= 11 is 0. The molecule has 3 aromatic rings. The molecule has 3 aromatic carbocycles. The van der Waals surface area contributed by atoms with Crippen LogP contribution in [0.15, 0.2) is 54.6 Å². The Balaban J connectivity index is 1.75. The highest BCUT2D eigenvalue weighted by atomic mass is 32.2. The molecule has 7 nitrogen and oxygen atoms in total. The number of benzene rings is 3. The molecule has 0 saturated carbocycles. The van der Waals surface area contributed by atoms with Crippen LogP contribution < -0.4 is 18.5 Å². The van der Waals surface area contributed by atoms with Gasteiger partial charge in [0.05, 0.1) is 13.0 Å². The van der Waals surface area contributed by atoms with Gasteiger partial charge in [-0.25, -0.2) is 13.4 Å². The first-order valence-electron chi connectivity index (χ1n) is 9.99. The Hall–Kier alpha value is -3.54. The van der Waals surface area contributed by atoms with E-state index in [1.54, 1.807) is 35.1 Å². The van der Waals surface area contributed by atoms with Gasteiger partial charge in [-0.3, -0.25) is 4.79 Å². The molecule has 1 amide bonds. The summed E-state index contributed by atoms with van der Waals surface area (Å²) in [5.41, 5.74) is 0.245. The van der Waals surface area contributed by atoms with E-state index in [0.717, 1.165) is 5.56 Å². The highest BCUT2D eigenvalue weighted by Gasteiger charge is 2.38. The minimum Gasteiger partial charge on any atom is -0.493 e. The van der Waals surface area contributed by atoms with E-state index < -0.39 is 53.4 Å². The summed E-state index contributed by atoms with van der Waals surface area (Å²) in [5.74, 6) is -2.03. The fourth-order valence-corrected chi connectivity index (χ4v) is 4.55.